The van der Waals surface area contributed by atoms with E-state index in [9.17, 15) is 26.4 Å². The van der Waals surface area contributed by atoms with Crippen LogP contribution in [-0.4, -0.2) is 61.6 Å². The number of hydrogen-bond donors (Lipinski definition) is 3. The highest BCUT2D eigenvalue weighted by Crippen LogP contribution is 2.25. The largest absolute Gasteiger partial charge is 0.490 e. The van der Waals surface area contributed by atoms with Crippen molar-refractivity contribution in [2.24, 2.45) is 0 Å². The fourth-order valence-corrected chi connectivity index (χ4v) is 4.97. The van der Waals surface area contributed by atoms with Crippen molar-refractivity contribution in [1.82, 2.24) is 15.1 Å². The van der Waals surface area contributed by atoms with Gasteiger partial charge in [-0.15, -0.1) is 0 Å². The summed E-state index contributed by atoms with van der Waals surface area (Å²) in [5.41, 5.74) is 1.83. The number of halogens is 3. The zero-order chi connectivity index (χ0) is 30.4. The number of nitrogens with one attached hydrogen (secondary N) is 2. The number of sulfonamides is 1. The number of carboxylic acid groups (broad SMARTS) is 1. The summed E-state index contributed by atoms with van der Waals surface area (Å²) in [5, 5.41) is 15.0. The first kappa shape index (κ1) is 31.6. The molecule has 2 heterocycles. The van der Waals surface area contributed by atoms with Gasteiger partial charge in [0.1, 0.15) is 5.82 Å². The lowest BCUT2D eigenvalue weighted by molar-refractivity contribution is -0.192. The highest BCUT2D eigenvalue weighted by atomic mass is 32.2. The lowest BCUT2D eigenvalue weighted by Crippen LogP contribution is -2.44. The molecule has 4 rings (SSSR count). The Morgan fingerprint density at radius 1 is 1.00 bits per heavy atom. The number of hydrogen-bond acceptors (Lipinski definition) is 7. The Bertz CT molecular complexity index is 1510. The molecule has 0 atom stereocenters. The predicted octanol–water partition coefficient (Wildman–Crippen LogP) is 3.43. The van der Waals surface area contributed by atoms with E-state index in [2.05, 4.69) is 40.8 Å². The van der Waals surface area contributed by atoms with Crippen molar-refractivity contribution in [3.05, 3.63) is 82.1 Å². The monoisotopic (exact) mass is 595 g/mol. The quantitative estimate of drug-likeness (QED) is 0.395. The molecule has 0 radical (unpaired) electrons. The first-order valence-electron chi connectivity index (χ1n) is 12.6. The number of piperazine rings is 1. The normalized spacial score (nSPS) is 14.1. The van der Waals surface area contributed by atoms with Crippen LogP contribution in [0.4, 0.5) is 24.7 Å². The molecule has 0 spiro atoms. The van der Waals surface area contributed by atoms with Gasteiger partial charge in [0.2, 0.25) is 0 Å². The molecule has 0 saturated carbocycles. The molecule has 2 aromatic carbocycles. The highest BCUT2D eigenvalue weighted by molar-refractivity contribution is 7.92. The lowest BCUT2D eigenvalue weighted by atomic mass is 9.87. The maximum Gasteiger partial charge on any atom is 0.490 e. The van der Waals surface area contributed by atoms with E-state index in [1.165, 1.54) is 10.7 Å². The van der Waals surface area contributed by atoms with Gasteiger partial charge in [-0.2, -0.15) is 18.3 Å². The predicted molar refractivity (Wildman–Crippen MR) is 149 cm³/mol. The SMILES string of the molecule is CC(C)(C)c1ccc(S(=O)(=O)Nc2ccccc2Cn2nc(N3CCNCC3)ccc2=O)cc1.O=C(O)C(F)(F)F. The van der Waals surface area contributed by atoms with Crippen LogP contribution in [0.1, 0.15) is 31.9 Å². The van der Waals surface area contributed by atoms with Gasteiger partial charge in [-0.3, -0.25) is 9.52 Å². The number of aromatic nitrogens is 2. The summed E-state index contributed by atoms with van der Waals surface area (Å²) in [7, 11) is -3.80. The Morgan fingerprint density at radius 2 is 1.59 bits per heavy atom. The van der Waals surface area contributed by atoms with Crippen LogP contribution in [-0.2, 0) is 26.8 Å². The van der Waals surface area contributed by atoms with Gasteiger partial charge < -0.3 is 15.3 Å². The van der Waals surface area contributed by atoms with Gasteiger partial charge in [-0.25, -0.2) is 17.9 Å². The number of rotatable bonds is 6. The lowest BCUT2D eigenvalue weighted by Gasteiger charge is -2.28. The van der Waals surface area contributed by atoms with E-state index in [1.807, 2.05) is 18.2 Å². The molecule has 0 aliphatic carbocycles. The van der Waals surface area contributed by atoms with Crippen molar-refractivity contribution < 1.29 is 31.5 Å². The van der Waals surface area contributed by atoms with Crippen molar-refractivity contribution in [3.8, 4) is 0 Å². The number of nitrogens with zero attached hydrogens (tertiary/aromatic N) is 3. The summed E-state index contributed by atoms with van der Waals surface area (Å²) in [6, 6.07) is 17.2. The summed E-state index contributed by atoms with van der Waals surface area (Å²) in [6.07, 6.45) is -5.08. The second-order valence-electron chi connectivity index (χ2n) is 10.3. The van der Waals surface area contributed by atoms with Gasteiger partial charge >= 0.3 is 12.1 Å². The van der Waals surface area contributed by atoms with Gasteiger partial charge in [-0.05, 0) is 40.8 Å². The van der Waals surface area contributed by atoms with E-state index in [-0.39, 0.29) is 22.4 Å². The third-order valence-corrected chi connectivity index (χ3v) is 7.53. The van der Waals surface area contributed by atoms with Crippen LogP contribution in [0, 0.1) is 0 Å². The standard InChI is InChI=1S/C25H31N5O3S.C2HF3O2/c1-25(2,3)20-8-10-21(11-9-20)34(32,33)28-22-7-5-4-6-19(22)18-30-24(31)13-12-23(27-30)29-16-14-26-15-17-29;3-2(4,5)1(6)7/h4-13,26,28H,14-18H2,1-3H3;(H,6,7). The molecule has 1 aromatic heterocycles. The maximum absolute atomic E-state index is 13.1. The number of benzene rings is 2. The molecule has 14 heteroatoms. The summed E-state index contributed by atoms with van der Waals surface area (Å²) in [6.45, 7) is 9.75. The number of alkyl halides is 3. The molecular formula is C27H32F3N5O5S. The Morgan fingerprint density at radius 3 is 2.15 bits per heavy atom. The van der Waals surface area contributed by atoms with E-state index in [0.29, 0.717) is 11.3 Å². The van der Waals surface area contributed by atoms with Crippen LogP contribution in [0.5, 0.6) is 0 Å². The van der Waals surface area contributed by atoms with Crippen molar-refractivity contribution in [1.29, 1.82) is 0 Å². The van der Waals surface area contributed by atoms with Crippen molar-refractivity contribution in [2.75, 3.05) is 35.8 Å². The molecule has 0 unspecified atom stereocenters. The van der Waals surface area contributed by atoms with Crippen LogP contribution in [0.2, 0.25) is 0 Å². The molecule has 0 bridgehead atoms. The third-order valence-electron chi connectivity index (χ3n) is 6.15. The smallest absolute Gasteiger partial charge is 0.475 e. The van der Waals surface area contributed by atoms with Crippen molar-refractivity contribution >= 4 is 27.5 Å². The Balaban J connectivity index is 0.000000587. The molecule has 1 saturated heterocycles. The topological polar surface area (TPSA) is 134 Å². The zero-order valence-electron chi connectivity index (χ0n) is 22.8. The summed E-state index contributed by atoms with van der Waals surface area (Å²) in [5.74, 6) is -2.02. The molecule has 222 valence electrons. The average molecular weight is 596 g/mol. The van der Waals surface area contributed by atoms with E-state index in [1.54, 1.807) is 36.4 Å². The average Bonchev–Trinajstić information content (AvgIpc) is 2.91. The number of carbonyl (C=O) groups is 1. The molecule has 10 nitrogen and oxygen atoms in total. The third kappa shape index (κ3) is 8.79. The van der Waals surface area contributed by atoms with Crippen LogP contribution in [0.15, 0.2) is 70.4 Å². The van der Waals surface area contributed by atoms with Crippen LogP contribution in [0.3, 0.4) is 0 Å². The molecular weight excluding hydrogens is 563 g/mol. The fraction of sp³-hybridized carbons (Fsp3) is 0.370. The number of aliphatic carboxylic acids is 1. The molecule has 1 aliphatic rings. The highest BCUT2D eigenvalue weighted by Gasteiger charge is 2.38. The summed E-state index contributed by atoms with van der Waals surface area (Å²) in [4.78, 5) is 23.7. The number of carboxylic acids is 1. The minimum Gasteiger partial charge on any atom is -0.475 e. The van der Waals surface area contributed by atoms with E-state index in [4.69, 9.17) is 9.90 Å². The minimum atomic E-state index is -5.08. The van der Waals surface area contributed by atoms with Gasteiger partial charge in [0.25, 0.3) is 15.6 Å². The first-order valence-corrected chi connectivity index (χ1v) is 14.1. The molecule has 1 aliphatic heterocycles. The second kappa shape index (κ2) is 12.7. The van der Waals surface area contributed by atoms with Crippen LogP contribution in [0.25, 0.3) is 0 Å². The molecule has 41 heavy (non-hydrogen) atoms. The van der Waals surface area contributed by atoms with Crippen LogP contribution >= 0.6 is 0 Å². The van der Waals surface area contributed by atoms with E-state index < -0.39 is 22.2 Å². The minimum absolute atomic E-state index is 0.0676. The molecule has 1 fully saturated rings. The van der Waals surface area contributed by atoms with Crippen LogP contribution < -0.4 is 20.5 Å². The zero-order valence-corrected chi connectivity index (χ0v) is 23.6. The Hall–Kier alpha value is -3.91. The summed E-state index contributed by atoms with van der Waals surface area (Å²) >= 11 is 0. The Kier molecular flexibility index (Phi) is 9.81. The van der Waals surface area contributed by atoms with Gasteiger partial charge in [0, 0.05) is 32.2 Å². The second-order valence-corrected chi connectivity index (χ2v) is 11.9. The Labute approximate surface area is 235 Å². The van der Waals surface area contributed by atoms with E-state index >= 15 is 0 Å². The molecule has 3 N–H and O–H groups in total. The molecule has 0 amide bonds. The van der Waals surface area contributed by atoms with Crippen molar-refractivity contribution in [2.45, 2.75) is 43.8 Å². The van der Waals surface area contributed by atoms with E-state index in [0.717, 1.165) is 37.6 Å². The number of anilines is 2. The van der Waals surface area contributed by atoms with Gasteiger partial charge in [-0.1, -0.05) is 51.1 Å². The van der Waals surface area contributed by atoms with Gasteiger partial charge in [0.15, 0.2) is 0 Å². The maximum atomic E-state index is 13.1. The van der Waals surface area contributed by atoms with Crippen molar-refractivity contribution in [3.63, 3.8) is 0 Å². The summed E-state index contributed by atoms with van der Waals surface area (Å²) < 4.78 is 62.0. The van der Waals surface area contributed by atoms with Gasteiger partial charge in [0.05, 0.1) is 17.1 Å². The fourth-order valence-electron chi connectivity index (χ4n) is 3.87. The molecule has 3 aromatic rings. The number of para-hydroxylation sites is 1. The first-order chi connectivity index (χ1) is 19.1.